The van der Waals surface area contributed by atoms with Gasteiger partial charge in [-0.3, -0.25) is 14.1 Å². The zero-order valence-corrected chi connectivity index (χ0v) is 35.6. The van der Waals surface area contributed by atoms with E-state index in [0.717, 1.165) is 38.5 Å². The Morgan fingerprint density at radius 3 is 1.62 bits per heavy atom. The molecule has 0 spiro atoms. The van der Waals surface area contributed by atoms with Crippen LogP contribution in [0.3, 0.4) is 0 Å². The Morgan fingerprint density at radius 1 is 0.582 bits per heavy atom. The molecule has 0 saturated heterocycles. The lowest BCUT2D eigenvalue weighted by Gasteiger charge is -2.18. The maximum absolute atomic E-state index is 12.4. The van der Waals surface area contributed by atoms with Crippen molar-refractivity contribution in [1.29, 1.82) is 0 Å². The van der Waals surface area contributed by atoms with Crippen LogP contribution >= 0.6 is 7.82 Å². The highest BCUT2D eigenvalue weighted by Gasteiger charge is 2.22. The largest absolute Gasteiger partial charge is 0.469 e. The molecule has 9 nitrogen and oxygen atoms in total. The van der Waals surface area contributed by atoms with Crippen LogP contribution in [0.4, 0.5) is 0 Å². The van der Waals surface area contributed by atoms with Gasteiger partial charge in [-0.2, -0.15) is 0 Å². The molecule has 0 aromatic rings. The first-order chi connectivity index (χ1) is 26.7. The number of rotatable bonds is 39. The number of ether oxygens (including phenoxy) is 2. The molecule has 3 N–H and O–H groups in total. The third-order valence-corrected chi connectivity index (χ3v) is 9.61. The Labute approximate surface area is 335 Å². The van der Waals surface area contributed by atoms with Gasteiger partial charge in [-0.05, 0) is 44.9 Å². The van der Waals surface area contributed by atoms with E-state index in [-0.39, 0.29) is 19.4 Å². The zero-order valence-electron chi connectivity index (χ0n) is 34.7. The maximum atomic E-state index is 12.4. The number of hydrogen-bond donors (Lipinski definition) is 3. The summed E-state index contributed by atoms with van der Waals surface area (Å²) in [6.07, 6.45) is 47.2. The Morgan fingerprint density at radius 2 is 1.07 bits per heavy atom. The molecule has 2 atom stereocenters. The molecule has 55 heavy (non-hydrogen) atoms. The lowest BCUT2D eigenvalue weighted by molar-refractivity contribution is -0.161. The molecule has 0 saturated carbocycles. The molecule has 0 aliphatic rings. The van der Waals surface area contributed by atoms with Crippen molar-refractivity contribution in [2.75, 3.05) is 13.2 Å². The highest BCUT2D eigenvalue weighted by atomic mass is 31.2. The Balaban J connectivity index is 4.00. The second-order valence-corrected chi connectivity index (χ2v) is 15.7. The summed E-state index contributed by atoms with van der Waals surface area (Å²) in [7, 11) is -4.78. The summed E-state index contributed by atoms with van der Waals surface area (Å²) < 4.78 is 26.3. The maximum Gasteiger partial charge on any atom is 0.469 e. The molecule has 0 aliphatic heterocycles. The highest BCUT2D eigenvalue weighted by Crippen LogP contribution is 2.36. The van der Waals surface area contributed by atoms with E-state index >= 15 is 0 Å². The first kappa shape index (κ1) is 52.7. The van der Waals surface area contributed by atoms with Crippen LogP contribution in [0, 0.1) is 0 Å². The number of esters is 2. The first-order valence-electron chi connectivity index (χ1n) is 21.7. The van der Waals surface area contributed by atoms with Gasteiger partial charge in [0.15, 0.2) is 6.10 Å². The van der Waals surface area contributed by atoms with E-state index in [2.05, 4.69) is 23.6 Å². The van der Waals surface area contributed by atoms with E-state index in [1.54, 1.807) is 0 Å². The minimum Gasteiger partial charge on any atom is -0.462 e. The molecule has 0 bridgehead atoms. The van der Waals surface area contributed by atoms with Gasteiger partial charge in [-0.1, -0.05) is 190 Å². The van der Waals surface area contributed by atoms with Crippen molar-refractivity contribution in [3.63, 3.8) is 0 Å². The zero-order chi connectivity index (χ0) is 40.5. The fourth-order valence-corrected chi connectivity index (χ4v) is 6.26. The number of unbranched alkanes of at least 4 members (excludes halogenated alkanes) is 19. The summed E-state index contributed by atoms with van der Waals surface area (Å²) >= 11 is 0. The van der Waals surface area contributed by atoms with E-state index in [1.165, 1.54) is 96.3 Å². The monoisotopic (exact) mass is 795 g/mol. The van der Waals surface area contributed by atoms with E-state index < -0.39 is 38.6 Å². The fraction of sp³-hybridized carbons (Fsp3) is 0.733. The van der Waals surface area contributed by atoms with E-state index in [0.29, 0.717) is 25.7 Å². The first-order valence-corrected chi connectivity index (χ1v) is 23.2. The SMILES string of the molecule is CC/C=C\C(O)C/C=C/C=C\C/C=C\C/C=C\CCCC(=O)OC[C@H](COP(=O)(O)O)OC(=O)CCCCCCCCCCCCCCCCCCCCC. The van der Waals surface area contributed by atoms with Crippen LogP contribution in [0.25, 0.3) is 0 Å². The second-order valence-electron chi connectivity index (χ2n) is 14.5. The standard InChI is InChI=1S/C45H79O9P/c1-3-5-7-8-9-10-11-12-13-14-15-16-17-18-23-26-29-32-35-39-45(48)54-43(41-53-55(49,50)51)40-52-44(47)38-34-31-28-25-22-20-19-21-24-27-30-33-37-42(46)36-6-4-2/h6,19-20,24-25,27-28,30,33,36,42-43,46H,3-5,7-18,21-23,26,29,31-32,34-35,37-41H2,1-2H3,(H2,49,50,51)/b20-19-,27-24-,28-25-,33-30+,36-6-/t42?,43-/m1/s1. The van der Waals surface area contributed by atoms with Crippen molar-refractivity contribution in [2.45, 2.75) is 199 Å². The Hall–Kier alpha value is -2.29. The number of phosphoric acid groups is 1. The average Bonchev–Trinajstić information content (AvgIpc) is 3.15. The predicted molar refractivity (Wildman–Crippen MR) is 227 cm³/mol. The van der Waals surface area contributed by atoms with Gasteiger partial charge in [-0.15, -0.1) is 0 Å². The number of allylic oxidation sites excluding steroid dienone is 8. The molecule has 10 heteroatoms. The fourth-order valence-electron chi connectivity index (χ4n) is 5.90. The van der Waals surface area contributed by atoms with Crippen LogP contribution in [0.5, 0.6) is 0 Å². The molecule has 0 amide bonds. The molecule has 0 radical (unpaired) electrons. The third-order valence-electron chi connectivity index (χ3n) is 9.13. The molecular weight excluding hydrogens is 715 g/mol. The molecule has 0 heterocycles. The summed E-state index contributed by atoms with van der Waals surface area (Å²) in [5.74, 6) is -0.974. The van der Waals surface area contributed by atoms with Gasteiger partial charge in [0.25, 0.3) is 0 Å². The number of carbonyl (C=O) groups excluding carboxylic acids is 2. The number of aliphatic hydroxyl groups excluding tert-OH is 1. The summed E-state index contributed by atoms with van der Waals surface area (Å²) in [6, 6.07) is 0. The number of aliphatic hydroxyl groups is 1. The minimum absolute atomic E-state index is 0.170. The lowest BCUT2D eigenvalue weighted by atomic mass is 10.0. The van der Waals surface area contributed by atoms with Gasteiger partial charge in [0.05, 0.1) is 12.7 Å². The summed E-state index contributed by atoms with van der Waals surface area (Å²) in [6.45, 7) is 3.41. The van der Waals surface area contributed by atoms with Crippen molar-refractivity contribution in [2.24, 2.45) is 0 Å². The topological polar surface area (TPSA) is 140 Å². The van der Waals surface area contributed by atoms with E-state index in [1.807, 2.05) is 55.5 Å². The minimum atomic E-state index is -4.78. The molecular formula is C45H79O9P. The van der Waals surface area contributed by atoms with E-state index in [4.69, 9.17) is 19.3 Å². The molecule has 1 unspecified atom stereocenters. The molecule has 0 fully saturated rings. The van der Waals surface area contributed by atoms with Crippen LogP contribution in [-0.2, 0) is 28.2 Å². The molecule has 0 aromatic heterocycles. The summed E-state index contributed by atoms with van der Waals surface area (Å²) in [4.78, 5) is 42.9. The quantitative estimate of drug-likeness (QED) is 0.0182. The Kier molecular flexibility index (Phi) is 38.3. The predicted octanol–water partition coefficient (Wildman–Crippen LogP) is 12.3. The van der Waals surface area contributed by atoms with Gasteiger partial charge in [-0.25, -0.2) is 4.57 Å². The van der Waals surface area contributed by atoms with Crippen LogP contribution in [-0.4, -0.2) is 52.3 Å². The van der Waals surface area contributed by atoms with Crippen molar-refractivity contribution >= 4 is 19.8 Å². The molecule has 318 valence electrons. The number of carbonyl (C=O) groups is 2. The summed E-state index contributed by atoms with van der Waals surface area (Å²) in [5, 5.41) is 9.74. The van der Waals surface area contributed by atoms with Gasteiger partial charge in [0, 0.05) is 12.8 Å². The molecule has 0 aromatic carbocycles. The smallest absolute Gasteiger partial charge is 0.462 e. The van der Waals surface area contributed by atoms with Gasteiger partial charge >= 0.3 is 19.8 Å². The van der Waals surface area contributed by atoms with Crippen LogP contribution in [0.15, 0.2) is 60.8 Å². The van der Waals surface area contributed by atoms with Crippen molar-refractivity contribution in [3.8, 4) is 0 Å². The normalized spacial score (nSPS) is 13.6. The highest BCUT2D eigenvalue weighted by molar-refractivity contribution is 7.46. The van der Waals surface area contributed by atoms with Crippen LogP contribution in [0.2, 0.25) is 0 Å². The van der Waals surface area contributed by atoms with Crippen LogP contribution in [0.1, 0.15) is 187 Å². The lowest BCUT2D eigenvalue weighted by Crippen LogP contribution is -2.29. The molecule has 0 aliphatic carbocycles. The van der Waals surface area contributed by atoms with Crippen LogP contribution < -0.4 is 0 Å². The van der Waals surface area contributed by atoms with Gasteiger partial charge in [0.1, 0.15) is 6.61 Å². The van der Waals surface area contributed by atoms with E-state index in [9.17, 15) is 19.3 Å². The Bertz CT molecular complexity index is 1090. The average molecular weight is 795 g/mol. The van der Waals surface area contributed by atoms with Crippen molar-refractivity contribution < 1.29 is 43.0 Å². The number of hydrogen-bond acceptors (Lipinski definition) is 7. The van der Waals surface area contributed by atoms with Gasteiger partial charge < -0.3 is 24.4 Å². The second kappa shape index (κ2) is 39.9. The van der Waals surface area contributed by atoms with Gasteiger partial charge in [0.2, 0.25) is 0 Å². The van der Waals surface area contributed by atoms with Crippen molar-refractivity contribution in [3.05, 3.63) is 60.8 Å². The molecule has 0 rings (SSSR count). The van der Waals surface area contributed by atoms with Crippen molar-refractivity contribution in [1.82, 2.24) is 0 Å². The number of phosphoric ester groups is 1. The summed E-state index contributed by atoms with van der Waals surface area (Å²) in [5.41, 5.74) is 0. The third kappa shape index (κ3) is 42.7.